The lowest BCUT2D eigenvalue weighted by Gasteiger charge is -2.33. The topological polar surface area (TPSA) is 61.4 Å². The summed E-state index contributed by atoms with van der Waals surface area (Å²) in [5.74, 6) is -0.454. The third-order valence-corrected chi connectivity index (χ3v) is 5.63. The van der Waals surface area contributed by atoms with E-state index in [-0.39, 0.29) is 11.8 Å². The van der Waals surface area contributed by atoms with Crippen molar-refractivity contribution < 1.29 is 9.59 Å². The highest BCUT2D eigenvalue weighted by atomic mass is 35.5. The predicted octanol–water partition coefficient (Wildman–Crippen LogP) is 4.59. The molecule has 0 radical (unpaired) electrons. The van der Waals surface area contributed by atoms with E-state index in [1.54, 1.807) is 48.5 Å². The molecule has 0 bridgehead atoms. The van der Waals surface area contributed by atoms with Crippen LogP contribution in [0, 0.1) is 0 Å². The normalized spacial score (nSPS) is 17.0. The van der Waals surface area contributed by atoms with Crippen LogP contribution in [0.15, 0.2) is 48.5 Å². The van der Waals surface area contributed by atoms with Gasteiger partial charge in [0.15, 0.2) is 0 Å². The largest absolute Gasteiger partial charge is 0.352 e. The third kappa shape index (κ3) is 6.05. The molecule has 154 valence electrons. The average Bonchev–Trinajstić information content (AvgIpc) is 2.73. The Hall–Kier alpha value is -2.37. The van der Waals surface area contributed by atoms with Crippen LogP contribution >= 0.6 is 11.6 Å². The molecule has 0 saturated carbocycles. The molecule has 1 aliphatic rings. The molecule has 5 nitrogen and oxygen atoms in total. The number of para-hydroxylation sites is 1. The van der Waals surface area contributed by atoms with Crippen LogP contribution in [0.25, 0.3) is 0 Å². The van der Waals surface area contributed by atoms with Crippen molar-refractivity contribution in [3.8, 4) is 0 Å². The zero-order valence-corrected chi connectivity index (χ0v) is 17.5. The number of halogens is 1. The predicted molar refractivity (Wildman–Crippen MR) is 118 cm³/mol. The summed E-state index contributed by atoms with van der Waals surface area (Å²) >= 11 is 5.87. The molecule has 1 atom stereocenters. The van der Waals surface area contributed by atoms with Gasteiger partial charge in [-0.15, -0.1) is 0 Å². The highest BCUT2D eigenvalue weighted by molar-refractivity contribution is 6.30. The molecule has 1 fully saturated rings. The molecule has 2 aromatic rings. The lowest BCUT2D eigenvalue weighted by atomic mass is 10.0. The van der Waals surface area contributed by atoms with Gasteiger partial charge in [0.25, 0.3) is 11.8 Å². The Morgan fingerprint density at radius 3 is 2.59 bits per heavy atom. The van der Waals surface area contributed by atoms with Gasteiger partial charge >= 0.3 is 0 Å². The number of amides is 2. The fourth-order valence-corrected chi connectivity index (χ4v) is 3.78. The van der Waals surface area contributed by atoms with Gasteiger partial charge in [-0.1, -0.05) is 30.2 Å². The van der Waals surface area contributed by atoms with Crippen LogP contribution in [0.4, 0.5) is 5.69 Å². The molecule has 0 spiro atoms. The first kappa shape index (κ1) is 21.3. The molecule has 29 heavy (non-hydrogen) atoms. The lowest BCUT2D eigenvalue weighted by molar-refractivity contribution is 0.0949. The maximum absolute atomic E-state index is 12.7. The van der Waals surface area contributed by atoms with Crippen LogP contribution in [-0.4, -0.2) is 42.4 Å². The minimum absolute atomic E-state index is 0.177. The number of hydrogen-bond acceptors (Lipinski definition) is 3. The maximum atomic E-state index is 12.7. The van der Waals surface area contributed by atoms with E-state index < -0.39 is 0 Å². The van der Waals surface area contributed by atoms with Crippen molar-refractivity contribution in [1.29, 1.82) is 0 Å². The molecular weight excluding hydrogens is 386 g/mol. The summed E-state index contributed by atoms with van der Waals surface area (Å²) in [6.07, 6.45) is 4.74. The molecule has 1 heterocycles. The van der Waals surface area contributed by atoms with Gasteiger partial charge in [0.2, 0.25) is 0 Å². The van der Waals surface area contributed by atoms with Gasteiger partial charge in [0.1, 0.15) is 0 Å². The average molecular weight is 414 g/mol. The van der Waals surface area contributed by atoms with Crippen LogP contribution in [0.2, 0.25) is 5.02 Å². The number of likely N-dealkylation sites (tertiary alicyclic amines) is 1. The molecule has 2 N–H and O–H groups in total. The zero-order chi connectivity index (χ0) is 20.6. The first-order chi connectivity index (χ1) is 14.0. The number of piperidine rings is 1. The summed E-state index contributed by atoms with van der Waals surface area (Å²) in [4.78, 5) is 27.6. The molecule has 6 heteroatoms. The molecular formula is C23H28ClN3O2. The quantitative estimate of drug-likeness (QED) is 0.653. The smallest absolute Gasteiger partial charge is 0.255 e. The summed E-state index contributed by atoms with van der Waals surface area (Å²) in [6, 6.07) is 14.3. The Labute approximate surface area is 177 Å². The van der Waals surface area contributed by atoms with E-state index in [1.807, 2.05) is 0 Å². The third-order valence-electron chi connectivity index (χ3n) is 5.37. The number of benzene rings is 2. The number of nitrogens with zero attached hydrogens (tertiary/aromatic N) is 1. The SMILES string of the molecule is C[C@@H]1CCCCN1CCCNC(=O)c1ccccc1NC(=O)c1ccc(Cl)cc1. The van der Waals surface area contributed by atoms with Crippen molar-refractivity contribution in [2.45, 2.75) is 38.6 Å². The van der Waals surface area contributed by atoms with Crippen LogP contribution < -0.4 is 10.6 Å². The van der Waals surface area contributed by atoms with E-state index in [2.05, 4.69) is 22.5 Å². The van der Waals surface area contributed by atoms with E-state index >= 15 is 0 Å². The van der Waals surface area contributed by atoms with Crippen molar-refractivity contribution in [3.63, 3.8) is 0 Å². The summed E-state index contributed by atoms with van der Waals surface area (Å²) in [7, 11) is 0. The van der Waals surface area contributed by atoms with E-state index in [0.29, 0.717) is 34.4 Å². The fourth-order valence-electron chi connectivity index (χ4n) is 3.65. The number of anilines is 1. The van der Waals surface area contributed by atoms with Crippen LogP contribution in [-0.2, 0) is 0 Å². The van der Waals surface area contributed by atoms with Crippen molar-refractivity contribution in [2.75, 3.05) is 25.0 Å². The second kappa shape index (κ2) is 10.4. The minimum Gasteiger partial charge on any atom is -0.352 e. The van der Waals surface area contributed by atoms with Gasteiger partial charge in [0, 0.05) is 29.7 Å². The highest BCUT2D eigenvalue weighted by Crippen LogP contribution is 2.18. The molecule has 3 rings (SSSR count). The second-order valence-electron chi connectivity index (χ2n) is 7.50. The minimum atomic E-state index is -0.277. The second-order valence-corrected chi connectivity index (χ2v) is 7.93. The van der Waals surface area contributed by atoms with E-state index in [1.165, 1.54) is 19.3 Å². The highest BCUT2D eigenvalue weighted by Gasteiger charge is 2.18. The number of nitrogens with one attached hydrogen (secondary N) is 2. The summed E-state index contributed by atoms with van der Waals surface area (Å²) in [6.45, 7) is 5.03. The van der Waals surface area contributed by atoms with Crippen LogP contribution in [0.5, 0.6) is 0 Å². The number of hydrogen-bond donors (Lipinski definition) is 2. The molecule has 0 unspecified atom stereocenters. The Kier molecular flexibility index (Phi) is 7.67. The zero-order valence-electron chi connectivity index (χ0n) is 16.8. The summed E-state index contributed by atoms with van der Waals surface area (Å²) in [5, 5.41) is 6.37. The van der Waals surface area contributed by atoms with Crippen LogP contribution in [0.3, 0.4) is 0 Å². The first-order valence-corrected chi connectivity index (χ1v) is 10.6. The monoisotopic (exact) mass is 413 g/mol. The molecule has 0 aliphatic carbocycles. The number of carbonyl (C=O) groups is 2. The number of carbonyl (C=O) groups excluding carboxylic acids is 2. The maximum Gasteiger partial charge on any atom is 0.255 e. The summed E-state index contributed by atoms with van der Waals surface area (Å²) < 4.78 is 0. The van der Waals surface area contributed by atoms with Crippen molar-refractivity contribution in [2.24, 2.45) is 0 Å². The molecule has 2 amide bonds. The fraction of sp³-hybridized carbons (Fsp3) is 0.391. The number of rotatable bonds is 7. The lowest BCUT2D eigenvalue weighted by Crippen LogP contribution is -2.39. The van der Waals surface area contributed by atoms with Crippen LogP contribution in [0.1, 0.15) is 53.3 Å². The van der Waals surface area contributed by atoms with E-state index in [0.717, 1.165) is 19.5 Å². The van der Waals surface area contributed by atoms with Gasteiger partial charge in [-0.05, 0) is 69.1 Å². The van der Waals surface area contributed by atoms with Gasteiger partial charge in [-0.25, -0.2) is 0 Å². The van der Waals surface area contributed by atoms with Gasteiger partial charge in [0.05, 0.1) is 11.3 Å². The van der Waals surface area contributed by atoms with Gasteiger partial charge in [-0.3, -0.25) is 9.59 Å². The first-order valence-electron chi connectivity index (χ1n) is 10.2. The Balaban J connectivity index is 1.54. The molecule has 2 aromatic carbocycles. The standard InChI is InChI=1S/C23H28ClN3O2/c1-17-7-4-5-15-27(17)16-6-14-25-23(29)20-8-2-3-9-21(20)26-22(28)18-10-12-19(24)13-11-18/h2-3,8-13,17H,4-7,14-16H2,1H3,(H,25,29)(H,26,28)/t17-/m1/s1. The van der Waals surface area contributed by atoms with Crippen molar-refractivity contribution in [1.82, 2.24) is 10.2 Å². The van der Waals surface area contributed by atoms with Gasteiger partial charge in [-0.2, -0.15) is 0 Å². The molecule has 1 saturated heterocycles. The van der Waals surface area contributed by atoms with Crippen molar-refractivity contribution in [3.05, 3.63) is 64.7 Å². The Morgan fingerprint density at radius 2 is 1.83 bits per heavy atom. The Bertz CT molecular complexity index is 838. The molecule has 0 aromatic heterocycles. The van der Waals surface area contributed by atoms with Crippen molar-refractivity contribution >= 4 is 29.1 Å². The van der Waals surface area contributed by atoms with E-state index in [9.17, 15) is 9.59 Å². The molecule has 1 aliphatic heterocycles. The van der Waals surface area contributed by atoms with Gasteiger partial charge < -0.3 is 15.5 Å². The van der Waals surface area contributed by atoms with E-state index in [4.69, 9.17) is 11.6 Å². The Morgan fingerprint density at radius 1 is 1.07 bits per heavy atom. The summed E-state index contributed by atoms with van der Waals surface area (Å²) in [5.41, 5.74) is 1.44.